The first-order valence-corrected chi connectivity index (χ1v) is 12.0. The summed E-state index contributed by atoms with van der Waals surface area (Å²) in [5.41, 5.74) is 3.64. The molecule has 4 aliphatic rings. The highest BCUT2D eigenvalue weighted by Gasteiger charge is 2.59. The SMILES string of the molecule is CC.CCCCOC1CC2(C)C(=CCC2C)C2CCC3=CC(=O)CCC3(C)C12. The summed E-state index contributed by atoms with van der Waals surface area (Å²) in [5.74, 6) is 2.28. The van der Waals surface area contributed by atoms with Crippen LogP contribution in [0.2, 0.25) is 0 Å². The van der Waals surface area contributed by atoms with Crippen molar-refractivity contribution in [2.75, 3.05) is 6.61 Å². The van der Waals surface area contributed by atoms with E-state index < -0.39 is 0 Å². The van der Waals surface area contributed by atoms with Gasteiger partial charge in [-0.05, 0) is 67.3 Å². The topological polar surface area (TPSA) is 26.3 Å². The minimum Gasteiger partial charge on any atom is -0.378 e. The maximum absolute atomic E-state index is 12.1. The van der Waals surface area contributed by atoms with Crippen LogP contribution in [-0.4, -0.2) is 18.5 Å². The van der Waals surface area contributed by atoms with Crippen molar-refractivity contribution in [3.8, 4) is 0 Å². The molecule has 0 bridgehead atoms. The van der Waals surface area contributed by atoms with Crippen molar-refractivity contribution >= 4 is 5.78 Å². The Balaban J connectivity index is 0.00000109. The van der Waals surface area contributed by atoms with E-state index in [1.54, 1.807) is 5.57 Å². The quantitative estimate of drug-likeness (QED) is 0.388. The van der Waals surface area contributed by atoms with Crippen LogP contribution in [0.25, 0.3) is 0 Å². The van der Waals surface area contributed by atoms with Crippen LogP contribution in [0.4, 0.5) is 0 Å². The van der Waals surface area contributed by atoms with Crippen LogP contribution >= 0.6 is 0 Å². The molecule has 2 nitrogen and oxygen atoms in total. The third-order valence-corrected chi connectivity index (χ3v) is 8.55. The van der Waals surface area contributed by atoms with Crippen molar-refractivity contribution in [3.05, 3.63) is 23.3 Å². The summed E-state index contributed by atoms with van der Waals surface area (Å²) in [6, 6.07) is 0. The van der Waals surface area contributed by atoms with Crippen LogP contribution in [-0.2, 0) is 9.53 Å². The van der Waals surface area contributed by atoms with E-state index in [0.29, 0.717) is 29.1 Å². The Morgan fingerprint density at radius 3 is 2.64 bits per heavy atom. The predicted octanol–water partition coefficient (Wildman–Crippen LogP) is 6.90. The van der Waals surface area contributed by atoms with Crippen LogP contribution < -0.4 is 0 Å². The van der Waals surface area contributed by atoms with Gasteiger partial charge in [0.1, 0.15) is 0 Å². The Kier molecular flexibility index (Phi) is 6.59. The predicted molar refractivity (Wildman–Crippen MR) is 117 cm³/mol. The Bertz CT molecular complexity index is 645. The first kappa shape index (κ1) is 21.8. The van der Waals surface area contributed by atoms with Gasteiger partial charge in [0.05, 0.1) is 6.10 Å². The zero-order valence-electron chi connectivity index (χ0n) is 19.1. The van der Waals surface area contributed by atoms with Gasteiger partial charge in [0.25, 0.3) is 0 Å². The van der Waals surface area contributed by atoms with Gasteiger partial charge < -0.3 is 4.74 Å². The molecule has 0 heterocycles. The smallest absolute Gasteiger partial charge is 0.155 e. The second-order valence-corrected chi connectivity index (χ2v) is 9.90. The summed E-state index contributed by atoms with van der Waals surface area (Å²) in [4.78, 5) is 12.1. The summed E-state index contributed by atoms with van der Waals surface area (Å²) in [6.07, 6.45) is 13.7. The van der Waals surface area contributed by atoms with Gasteiger partial charge in [-0.1, -0.05) is 65.2 Å². The summed E-state index contributed by atoms with van der Waals surface area (Å²) >= 11 is 0. The minimum absolute atomic E-state index is 0.154. The minimum atomic E-state index is 0.154. The van der Waals surface area contributed by atoms with Crippen LogP contribution in [0.1, 0.15) is 92.9 Å². The second-order valence-electron chi connectivity index (χ2n) is 9.90. The molecule has 4 aliphatic carbocycles. The first-order valence-electron chi connectivity index (χ1n) is 12.0. The molecule has 4 rings (SSSR count). The van der Waals surface area contributed by atoms with Gasteiger partial charge in [-0.15, -0.1) is 0 Å². The lowest BCUT2D eigenvalue weighted by atomic mass is 9.47. The zero-order valence-corrected chi connectivity index (χ0v) is 19.1. The third kappa shape index (κ3) is 3.44. The molecule has 158 valence electrons. The Labute approximate surface area is 173 Å². The molecule has 2 saturated carbocycles. The molecular formula is C26H42O2. The summed E-state index contributed by atoms with van der Waals surface area (Å²) < 4.78 is 6.62. The first-order chi connectivity index (χ1) is 13.4. The largest absolute Gasteiger partial charge is 0.378 e. The van der Waals surface area contributed by atoms with Gasteiger partial charge >= 0.3 is 0 Å². The number of hydrogen-bond donors (Lipinski definition) is 0. The molecule has 0 amide bonds. The maximum atomic E-state index is 12.1. The molecule has 0 aliphatic heterocycles. The number of rotatable bonds is 4. The van der Waals surface area contributed by atoms with E-state index in [1.165, 1.54) is 31.3 Å². The van der Waals surface area contributed by atoms with Gasteiger partial charge in [0, 0.05) is 18.9 Å². The molecule has 0 aromatic rings. The number of allylic oxidation sites excluding steroid dienone is 4. The van der Waals surface area contributed by atoms with Crippen molar-refractivity contribution in [2.24, 2.45) is 28.6 Å². The highest BCUT2D eigenvalue weighted by atomic mass is 16.5. The molecule has 0 aromatic carbocycles. The second kappa shape index (κ2) is 8.46. The number of carbonyl (C=O) groups excluding carboxylic acids is 1. The fourth-order valence-corrected chi connectivity index (χ4v) is 6.73. The average molecular weight is 387 g/mol. The van der Waals surface area contributed by atoms with E-state index in [4.69, 9.17) is 4.74 Å². The standard InChI is InChI=1S/C24H36O2.C2H6/c1-5-6-13-26-21-15-24(4)16(2)7-10-20(24)19-9-8-17-14-18(25)11-12-23(17,3)22(19)21;1-2/h10,14,16,19,21-22H,5-9,11-13,15H2,1-4H3;1-2H3. The number of ether oxygens (including phenoxy) is 1. The van der Waals surface area contributed by atoms with E-state index in [-0.39, 0.29) is 5.41 Å². The maximum Gasteiger partial charge on any atom is 0.155 e. The van der Waals surface area contributed by atoms with Crippen molar-refractivity contribution in [3.63, 3.8) is 0 Å². The molecule has 6 unspecified atom stereocenters. The highest BCUT2D eigenvalue weighted by Crippen LogP contribution is 2.65. The number of ketones is 1. The molecule has 0 saturated heterocycles. The Morgan fingerprint density at radius 1 is 1.18 bits per heavy atom. The number of hydrogen-bond acceptors (Lipinski definition) is 2. The number of unbranched alkanes of at least 4 members (excludes halogenated alkanes) is 1. The number of carbonyl (C=O) groups is 1. The summed E-state index contributed by atoms with van der Waals surface area (Å²) in [7, 11) is 0. The van der Waals surface area contributed by atoms with Crippen LogP contribution in [0.5, 0.6) is 0 Å². The third-order valence-electron chi connectivity index (χ3n) is 8.55. The normalized spacial score (nSPS) is 41.7. The Hall–Kier alpha value is -0.890. The number of fused-ring (bicyclic) bond motifs is 5. The molecular weight excluding hydrogens is 344 g/mol. The van der Waals surface area contributed by atoms with Crippen LogP contribution in [0.15, 0.2) is 23.3 Å². The van der Waals surface area contributed by atoms with E-state index in [2.05, 4.69) is 33.8 Å². The van der Waals surface area contributed by atoms with Crippen molar-refractivity contribution in [1.29, 1.82) is 0 Å². The van der Waals surface area contributed by atoms with E-state index >= 15 is 0 Å². The molecule has 2 heteroatoms. The molecule has 0 spiro atoms. The van der Waals surface area contributed by atoms with Crippen molar-refractivity contribution in [2.45, 2.75) is 99.0 Å². The highest BCUT2D eigenvalue weighted by molar-refractivity contribution is 5.91. The molecule has 0 aromatic heterocycles. The van der Waals surface area contributed by atoms with Crippen LogP contribution in [0, 0.1) is 28.6 Å². The van der Waals surface area contributed by atoms with Gasteiger partial charge in [-0.2, -0.15) is 0 Å². The van der Waals surface area contributed by atoms with E-state index in [9.17, 15) is 4.79 Å². The monoisotopic (exact) mass is 386 g/mol. The molecule has 6 atom stereocenters. The Morgan fingerprint density at radius 2 is 1.93 bits per heavy atom. The summed E-state index contributed by atoms with van der Waals surface area (Å²) in [5, 5.41) is 0. The lowest BCUT2D eigenvalue weighted by Gasteiger charge is -2.59. The van der Waals surface area contributed by atoms with Crippen molar-refractivity contribution < 1.29 is 9.53 Å². The molecule has 28 heavy (non-hydrogen) atoms. The van der Waals surface area contributed by atoms with Gasteiger partial charge in [0.15, 0.2) is 5.78 Å². The molecule has 2 fully saturated rings. The van der Waals surface area contributed by atoms with E-state index in [1.807, 2.05) is 19.9 Å². The lowest BCUT2D eigenvalue weighted by Crippen LogP contribution is -2.54. The van der Waals surface area contributed by atoms with Gasteiger partial charge in [0.2, 0.25) is 0 Å². The van der Waals surface area contributed by atoms with Gasteiger partial charge in [-0.3, -0.25) is 4.79 Å². The zero-order chi connectivity index (χ0) is 20.5. The molecule has 0 radical (unpaired) electrons. The fraction of sp³-hybridized carbons (Fsp3) is 0.808. The fourth-order valence-electron chi connectivity index (χ4n) is 6.73. The summed E-state index contributed by atoms with van der Waals surface area (Å²) in [6.45, 7) is 14.5. The van der Waals surface area contributed by atoms with E-state index in [0.717, 1.165) is 38.2 Å². The van der Waals surface area contributed by atoms with Crippen LogP contribution in [0.3, 0.4) is 0 Å². The average Bonchev–Trinajstić information content (AvgIpc) is 2.98. The van der Waals surface area contributed by atoms with Crippen molar-refractivity contribution in [1.82, 2.24) is 0 Å². The van der Waals surface area contributed by atoms with Gasteiger partial charge in [-0.25, -0.2) is 0 Å². The lowest BCUT2D eigenvalue weighted by molar-refractivity contribution is -0.121. The molecule has 0 N–H and O–H groups in total.